The van der Waals surface area contributed by atoms with Crippen molar-refractivity contribution in [2.75, 3.05) is 17.2 Å². The maximum Gasteiger partial charge on any atom is 0.258 e. The topological polar surface area (TPSA) is 66.9 Å². The van der Waals surface area contributed by atoms with E-state index in [-0.39, 0.29) is 5.91 Å². The SMILES string of the molecule is CCCNc1cc(C)ccc1C(=O)Nc1cnc(Br)cn1. The van der Waals surface area contributed by atoms with E-state index in [1.807, 2.05) is 25.1 Å². The minimum absolute atomic E-state index is 0.203. The molecule has 1 aromatic carbocycles. The van der Waals surface area contributed by atoms with Crippen molar-refractivity contribution in [2.24, 2.45) is 0 Å². The number of anilines is 2. The number of halogens is 1. The van der Waals surface area contributed by atoms with Crippen LogP contribution in [-0.2, 0) is 0 Å². The molecule has 21 heavy (non-hydrogen) atoms. The highest BCUT2D eigenvalue weighted by atomic mass is 79.9. The summed E-state index contributed by atoms with van der Waals surface area (Å²) >= 11 is 3.21. The average molecular weight is 349 g/mol. The third-order valence-corrected chi connectivity index (χ3v) is 3.26. The molecule has 1 heterocycles. The summed E-state index contributed by atoms with van der Waals surface area (Å²) in [5, 5.41) is 6.02. The molecule has 0 atom stereocenters. The van der Waals surface area contributed by atoms with Crippen molar-refractivity contribution in [3.05, 3.63) is 46.3 Å². The molecule has 1 amide bonds. The van der Waals surface area contributed by atoms with Crippen molar-refractivity contribution >= 4 is 33.3 Å². The Morgan fingerprint density at radius 1 is 1.29 bits per heavy atom. The van der Waals surface area contributed by atoms with Crippen molar-refractivity contribution < 1.29 is 4.79 Å². The van der Waals surface area contributed by atoms with Gasteiger partial charge in [-0.15, -0.1) is 0 Å². The summed E-state index contributed by atoms with van der Waals surface area (Å²) < 4.78 is 0.626. The molecule has 0 saturated carbocycles. The number of nitrogens with one attached hydrogen (secondary N) is 2. The second-order valence-electron chi connectivity index (χ2n) is 4.65. The van der Waals surface area contributed by atoms with Crippen molar-refractivity contribution in [1.29, 1.82) is 0 Å². The van der Waals surface area contributed by atoms with Gasteiger partial charge in [0, 0.05) is 12.2 Å². The van der Waals surface area contributed by atoms with E-state index in [2.05, 4.69) is 43.5 Å². The Hall–Kier alpha value is -1.95. The Morgan fingerprint density at radius 2 is 2.10 bits per heavy atom. The van der Waals surface area contributed by atoms with Crippen LogP contribution in [0.4, 0.5) is 11.5 Å². The van der Waals surface area contributed by atoms with Crippen molar-refractivity contribution in [3.8, 4) is 0 Å². The van der Waals surface area contributed by atoms with Crippen LogP contribution in [0.1, 0.15) is 29.3 Å². The van der Waals surface area contributed by atoms with Gasteiger partial charge in [-0.1, -0.05) is 13.0 Å². The lowest BCUT2D eigenvalue weighted by molar-refractivity contribution is 0.102. The third kappa shape index (κ3) is 4.26. The zero-order valence-corrected chi connectivity index (χ0v) is 13.6. The standard InChI is InChI=1S/C15H17BrN4O/c1-3-6-17-12-7-10(2)4-5-11(12)15(21)20-14-9-18-13(16)8-19-14/h4-5,7-9,17H,3,6H2,1-2H3,(H,19,20,21). The minimum Gasteiger partial charge on any atom is -0.384 e. The number of hydrogen-bond donors (Lipinski definition) is 2. The molecule has 1 aromatic heterocycles. The first kappa shape index (κ1) is 15.4. The summed E-state index contributed by atoms with van der Waals surface area (Å²) in [6, 6.07) is 5.70. The van der Waals surface area contributed by atoms with Crippen molar-refractivity contribution in [3.63, 3.8) is 0 Å². The maximum absolute atomic E-state index is 12.4. The number of aromatic nitrogens is 2. The van der Waals surface area contributed by atoms with E-state index < -0.39 is 0 Å². The fraction of sp³-hybridized carbons (Fsp3) is 0.267. The summed E-state index contributed by atoms with van der Waals surface area (Å²) in [4.78, 5) is 20.5. The molecule has 0 fully saturated rings. The molecule has 0 aliphatic carbocycles. The molecule has 2 N–H and O–H groups in total. The van der Waals surface area contributed by atoms with Gasteiger partial charge in [0.1, 0.15) is 4.60 Å². The first-order valence-electron chi connectivity index (χ1n) is 6.73. The number of benzene rings is 1. The monoisotopic (exact) mass is 348 g/mol. The van der Waals surface area contributed by atoms with Gasteiger partial charge in [0.2, 0.25) is 0 Å². The number of aryl methyl sites for hydroxylation is 1. The molecule has 110 valence electrons. The first-order valence-corrected chi connectivity index (χ1v) is 7.53. The summed E-state index contributed by atoms with van der Waals surface area (Å²) in [7, 11) is 0. The summed E-state index contributed by atoms with van der Waals surface area (Å²) in [5.74, 6) is 0.218. The molecule has 2 rings (SSSR count). The predicted molar refractivity (Wildman–Crippen MR) is 87.6 cm³/mol. The first-order chi connectivity index (χ1) is 10.1. The van der Waals surface area contributed by atoms with Gasteiger partial charge in [-0.05, 0) is 47.0 Å². The highest BCUT2D eigenvalue weighted by molar-refractivity contribution is 9.10. The van der Waals surface area contributed by atoms with Gasteiger partial charge >= 0.3 is 0 Å². The van der Waals surface area contributed by atoms with Crippen molar-refractivity contribution in [1.82, 2.24) is 9.97 Å². The van der Waals surface area contributed by atoms with Crippen LogP contribution in [0, 0.1) is 6.92 Å². The van der Waals surface area contributed by atoms with Gasteiger partial charge in [-0.2, -0.15) is 0 Å². The molecular weight excluding hydrogens is 332 g/mol. The fourth-order valence-electron chi connectivity index (χ4n) is 1.82. The lowest BCUT2D eigenvalue weighted by atomic mass is 10.1. The zero-order chi connectivity index (χ0) is 15.2. The third-order valence-electron chi connectivity index (χ3n) is 2.85. The quantitative estimate of drug-likeness (QED) is 0.865. The largest absolute Gasteiger partial charge is 0.384 e. The van der Waals surface area contributed by atoms with E-state index in [1.54, 1.807) is 6.20 Å². The maximum atomic E-state index is 12.4. The van der Waals surface area contributed by atoms with Crippen LogP contribution in [0.15, 0.2) is 35.2 Å². The molecule has 0 radical (unpaired) electrons. The summed E-state index contributed by atoms with van der Waals surface area (Å²) in [6.45, 7) is 4.90. The molecule has 5 nitrogen and oxygen atoms in total. The highest BCUT2D eigenvalue weighted by Gasteiger charge is 2.12. The number of nitrogens with zero attached hydrogens (tertiary/aromatic N) is 2. The molecule has 0 spiro atoms. The van der Waals surface area contributed by atoms with Crippen LogP contribution < -0.4 is 10.6 Å². The Bertz CT molecular complexity index is 628. The smallest absolute Gasteiger partial charge is 0.258 e. The Kier molecular flexibility index (Phi) is 5.27. The number of rotatable bonds is 5. The van der Waals surface area contributed by atoms with Gasteiger partial charge < -0.3 is 10.6 Å². The average Bonchev–Trinajstić information content (AvgIpc) is 2.47. The molecule has 0 aliphatic rings. The van der Waals surface area contributed by atoms with Crippen LogP contribution in [-0.4, -0.2) is 22.4 Å². The number of amides is 1. The van der Waals surface area contributed by atoms with Crippen LogP contribution in [0.5, 0.6) is 0 Å². The van der Waals surface area contributed by atoms with Crippen molar-refractivity contribution in [2.45, 2.75) is 20.3 Å². The van der Waals surface area contributed by atoms with E-state index in [4.69, 9.17) is 0 Å². The Morgan fingerprint density at radius 3 is 2.76 bits per heavy atom. The Balaban J connectivity index is 2.19. The summed E-state index contributed by atoms with van der Waals surface area (Å²) in [6.07, 6.45) is 4.05. The molecule has 0 unspecified atom stereocenters. The Labute approximate surface area is 132 Å². The van der Waals surface area contributed by atoms with Gasteiger partial charge in [0.05, 0.1) is 18.0 Å². The molecule has 0 bridgehead atoms. The summed E-state index contributed by atoms with van der Waals surface area (Å²) in [5.41, 5.74) is 2.53. The lowest BCUT2D eigenvalue weighted by Gasteiger charge is -2.12. The normalized spacial score (nSPS) is 10.2. The van der Waals surface area contributed by atoms with E-state index >= 15 is 0 Å². The molecular formula is C15H17BrN4O. The van der Waals surface area contributed by atoms with E-state index in [1.165, 1.54) is 6.20 Å². The van der Waals surface area contributed by atoms with E-state index in [0.29, 0.717) is 16.0 Å². The van der Waals surface area contributed by atoms with Crippen LogP contribution in [0.3, 0.4) is 0 Å². The van der Waals surface area contributed by atoms with Crippen LogP contribution in [0.25, 0.3) is 0 Å². The second kappa shape index (κ2) is 7.17. The number of carbonyl (C=O) groups is 1. The lowest BCUT2D eigenvalue weighted by Crippen LogP contribution is -2.16. The molecule has 2 aromatic rings. The minimum atomic E-state index is -0.203. The van der Waals surface area contributed by atoms with Gasteiger partial charge in [0.25, 0.3) is 5.91 Å². The molecule has 0 saturated heterocycles. The van der Waals surface area contributed by atoms with Gasteiger partial charge in [-0.25, -0.2) is 9.97 Å². The molecule has 0 aliphatic heterocycles. The second-order valence-corrected chi connectivity index (χ2v) is 5.47. The van der Waals surface area contributed by atoms with Gasteiger partial charge in [-0.3, -0.25) is 4.79 Å². The zero-order valence-electron chi connectivity index (χ0n) is 12.0. The van der Waals surface area contributed by atoms with Gasteiger partial charge in [0.15, 0.2) is 5.82 Å². The highest BCUT2D eigenvalue weighted by Crippen LogP contribution is 2.19. The molecule has 6 heteroatoms. The number of hydrogen-bond acceptors (Lipinski definition) is 4. The number of carbonyl (C=O) groups excluding carboxylic acids is 1. The van der Waals surface area contributed by atoms with E-state index in [9.17, 15) is 4.79 Å². The van der Waals surface area contributed by atoms with Crippen LogP contribution in [0.2, 0.25) is 0 Å². The fourth-order valence-corrected chi connectivity index (χ4v) is 2.03. The van der Waals surface area contributed by atoms with E-state index in [0.717, 1.165) is 24.2 Å². The predicted octanol–water partition coefficient (Wildman–Crippen LogP) is 3.62. The van der Waals surface area contributed by atoms with Crippen LogP contribution >= 0.6 is 15.9 Å².